The van der Waals surface area contributed by atoms with Gasteiger partial charge in [-0.15, -0.1) is 0 Å². The van der Waals surface area contributed by atoms with Gasteiger partial charge in [0.2, 0.25) is 0 Å². The van der Waals surface area contributed by atoms with Crippen molar-refractivity contribution < 1.29 is 28.7 Å². The van der Waals surface area contributed by atoms with E-state index in [1.807, 2.05) is 0 Å². The number of nitrogens with zero attached hydrogens (tertiary/aromatic N) is 2. The van der Waals surface area contributed by atoms with Crippen molar-refractivity contribution in [2.45, 2.75) is 12.6 Å². The number of nitrogens with one attached hydrogen (secondary N) is 1. The van der Waals surface area contributed by atoms with Crippen LogP contribution in [0.3, 0.4) is 0 Å². The van der Waals surface area contributed by atoms with Gasteiger partial charge >= 0.3 is 6.03 Å². The molecule has 2 heterocycles. The molecule has 2 aliphatic heterocycles. The number of hydrogen-bond donors (Lipinski definition) is 2. The first kappa shape index (κ1) is 20.1. The standard InChI is InChI=1S/C21H22FN3O5/c22-17-4-2-1-3-16(17)18-13-30-19-11-14(20(26)23-28)5-6-15(19)12-25(18)21(27)24-7-9-29-10-8-24/h1-6,11,18,28H,7-10,12-13H2,(H,23,26)/t18-/m1/s1. The quantitative estimate of drug-likeness (QED) is 0.580. The summed E-state index contributed by atoms with van der Waals surface area (Å²) >= 11 is 0. The van der Waals surface area contributed by atoms with Gasteiger partial charge in [-0.05, 0) is 18.2 Å². The number of fused-ring (bicyclic) bond motifs is 1. The predicted molar refractivity (Wildman–Crippen MR) is 104 cm³/mol. The maximum absolute atomic E-state index is 14.6. The van der Waals surface area contributed by atoms with E-state index < -0.39 is 17.8 Å². The van der Waals surface area contributed by atoms with Gasteiger partial charge in [0.25, 0.3) is 5.91 Å². The minimum Gasteiger partial charge on any atom is -0.491 e. The van der Waals surface area contributed by atoms with Crippen LogP contribution in [0.1, 0.15) is 27.5 Å². The number of amides is 3. The third kappa shape index (κ3) is 3.94. The Bertz CT molecular complexity index is 948. The third-order valence-electron chi connectivity index (χ3n) is 5.34. The van der Waals surface area contributed by atoms with E-state index in [0.717, 1.165) is 0 Å². The maximum atomic E-state index is 14.6. The molecular weight excluding hydrogens is 393 g/mol. The summed E-state index contributed by atoms with van der Waals surface area (Å²) in [4.78, 5) is 28.4. The first-order valence-corrected chi connectivity index (χ1v) is 9.66. The molecule has 158 valence electrons. The summed E-state index contributed by atoms with van der Waals surface area (Å²) in [6.07, 6.45) is 0. The number of rotatable bonds is 2. The molecule has 1 saturated heterocycles. The average Bonchev–Trinajstić information content (AvgIpc) is 2.98. The first-order valence-electron chi connectivity index (χ1n) is 9.66. The van der Waals surface area contributed by atoms with Crippen LogP contribution < -0.4 is 10.2 Å². The van der Waals surface area contributed by atoms with Crippen LogP contribution in [0.2, 0.25) is 0 Å². The number of urea groups is 1. The molecule has 0 saturated carbocycles. The Balaban J connectivity index is 1.71. The maximum Gasteiger partial charge on any atom is 0.321 e. The summed E-state index contributed by atoms with van der Waals surface area (Å²) in [5, 5.41) is 8.88. The monoisotopic (exact) mass is 415 g/mol. The number of benzene rings is 2. The molecule has 4 rings (SSSR count). The zero-order valence-electron chi connectivity index (χ0n) is 16.2. The van der Waals surface area contributed by atoms with Crippen molar-refractivity contribution in [3.63, 3.8) is 0 Å². The zero-order valence-corrected chi connectivity index (χ0v) is 16.2. The number of hydroxylamine groups is 1. The van der Waals surface area contributed by atoms with E-state index in [2.05, 4.69) is 0 Å². The van der Waals surface area contributed by atoms with Gasteiger partial charge < -0.3 is 19.3 Å². The van der Waals surface area contributed by atoms with Gasteiger partial charge in [0.1, 0.15) is 18.2 Å². The minimum atomic E-state index is -0.669. The summed E-state index contributed by atoms with van der Waals surface area (Å²) in [5.41, 5.74) is 2.85. The predicted octanol–water partition coefficient (Wildman–Crippen LogP) is 2.33. The number of carbonyl (C=O) groups is 2. The lowest BCUT2D eigenvalue weighted by Gasteiger charge is -2.36. The van der Waals surface area contributed by atoms with E-state index in [1.165, 1.54) is 18.2 Å². The third-order valence-corrected chi connectivity index (χ3v) is 5.34. The largest absolute Gasteiger partial charge is 0.491 e. The molecule has 0 radical (unpaired) electrons. The molecule has 1 fully saturated rings. The lowest BCUT2D eigenvalue weighted by molar-refractivity contribution is 0.0359. The van der Waals surface area contributed by atoms with E-state index >= 15 is 0 Å². The Morgan fingerprint density at radius 3 is 2.63 bits per heavy atom. The summed E-state index contributed by atoms with van der Waals surface area (Å²) in [6, 6.07) is 10.2. The highest BCUT2D eigenvalue weighted by Gasteiger charge is 2.34. The van der Waals surface area contributed by atoms with Gasteiger partial charge in [0.15, 0.2) is 0 Å². The van der Waals surface area contributed by atoms with Crippen LogP contribution in [0.5, 0.6) is 5.75 Å². The van der Waals surface area contributed by atoms with Crippen LogP contribution in [0.4, 0.5) is 9.18 Å². The number of morpholine rings is 1. The fourth-order valence-electron chi connectivity index (χ4n) is 3.72. The van der Waals surface area contributed by atoms with Gasteiger partial charge in [-0.25, -0.2) is 14.7 Å². The van der Waals surface area contributed by atoms with Gasteiger partial charge in [-0.2, -0.15) is 0 Å². The van der Waals surface area contributed by atoms with E-state index in [4.69, 9.17) is 14.7 Å². The molecule has 0 spiro atoms. The molecule has 2 aromatic carbocycles. The summed E-state index contributed by atoms with van der Waals surface area (Å²) in [6.45, 7) is 2.04. The molecule has 0 unspecified atom stereocenters. The number of hydrogen-bond acceptors (Lipinski definition) is 5. The smallest absolute Gasteiger partial charge is 0.321 e. The fourth-order valence-corrected chi connectivity index (χ4v) is 3.72. The lowest BCUT2D eigenvalue weighted by atomic mass is 10.0. The molecule has 0 bridgehead atoms. The summed E-state index contributed by atoms with van der Waals surface area (Å²) in [5.74, 6) is -0.676. The van der Waals surface area contributed by atoms with Gasteiger partial charge in [-0.3, -0.25) is 10.0 Å². The van der Waals surface area contributed by atoms with Crippen LogP contribution in [-0.4, -0.2) is 59.9 Å². The van der Waals surface area contributed by atoms with Crippen LogP contribution in [-0.2, 0) is 11.3 Å². The van der Waals surface area contributed by atoms with E-state index in [-0.39, 0.29) is 24.7 Å². The van der Waals surface area contributed by atoms with Crippen molar-refractivity contribution >= 4 is 11.9 Å². The molecule has 0 aliphatic carbocycles. The Morgan fingerprint density at radius 2 is 1.90 bits per heavy atom. The molecule has 8 nitrogen and oxygen atoms in total. The molecule has 9 heteroatoms. The van der Waals surface area contributed by atoms with E-state index in [1.54, 1.807) is 39.5 Å². The van der Waals surface area contributed by atoms with Crippen LogP contribution in [0.15, 0.2) is 42.5 Å². The molecule has 3 amide bonds. The Hall–Kier alpha value is -3.17. The Labute approximate surface area is 172 Å². The van der Waals surface area contributed by atoms with E-state index in [9.17, 15) is 14.0 Å². The van der Waals surface area contributed by atoms with Crippen LogP contribution in [0.25, 0.3) is 0 Å². The van der Waals surface area contributed by atoms with Crippen LogP contribution in [0, 0.1) is 5.82 Å². The number of carbonyl (C=O) groups excluding carboxylic acids is 2. The minimum absolute atomic E-state index is 0.0220. The van der Waals surface area contributed by atoms with Crippen molar-refractivity contribution in [3.8, 4) is 5.75 Å². The molecular formula is C21H22FN3O5. The normalized spacial score (nSPS) is 18.8. The SMILES string of the molecule is O=C(NO)c1ccc2c(c1)OC[C@H](c1ccccc1F)N(C(=O)N1CCOCC1)C2. The molecule has 0 aromatic heterocycles. The highest BCUT2D eigenvalue weighted by atomic mass is 19.1. The lowest BCUT2D eigenvalue weighted by Crippen LogP contribution is -2.49. The van der Waals surface area contributed by atoms with Gasteiger partial charge in [0.05, 0.1) is 25.8 Å². The second kappa shape index (κ2) is 8.68. The van der Waals surface area contributed by atoms with Gasteiger partial charge in [-0.1, -0.05) is 24.3 Å². The Morgan fingerprint density at radius 1 is 1.13 bits per heavy atom. The highest BCUT2D eigenvalue weighted by molar-refractivity contribution is 5.93. The molecule has 2 aromatic rings. The van der Waals surface area contributed by atoms with E-state index in [0.29, 0.717) is 43.2 Å². The van der Waals surface area contributed by atoms with Crippen molar-refractivity contribution in [1.82, 2.24) is 15.3 Å². The van der Waals surface area contributed by atoms with Crippen molar-refractivity contribution in [2.24, 2.45) is 0 Å². The zero-order chi connectivity index (χ0) is 21.1. The second-order valence-corrected chi connectivity index (χ2v) is 7.12. The first-order chi connectivity index (χ1) is 14.6. The number of ether oxygens (including phenoxy) is 2. The van der Waals surface area contributed by atoms with Crippen molar-refractivity contribution in [3.05, 3.63) is 65.0 Å². The number of halogens is 1. The molecule has 1 atom stereocenters. The van der Waals surface area contributed by atoms with Crippen molar-refractivity contribution in [1.29, 1.82) is 0 Å². The summed E-state index contributed by atoms with van der Waals surface area (Å²) in [7, 11) is 0. The van der Waals surface area contributed by atoms with Gasteiger partial charge in [0, 0.05) is 29.8 Å². The molecule has 30 heavy (non-hydrogen) atoms. The van der Waals surface area contributed by atoms with Crippen LogP contribution >= 0.6 is 0 Å². The second-order valence-electron chi connectivity index (χ2n) is 7.12. The summed E-state index contributed by atoms with van der Waals surface area (Å²) < 4.78 is 25.9. The average molecular weight is 415 g/mol. The Kier molecular flexibility index (Phi) is 5.82. The molecule has 2 aliphatic rings. The topological polar surface area (TPSA) is 91.3 Å². The highest BCUT2D eigenvalue weighted by Crippen LogP contribution is 2.34. The van der Waals surface area contributed by atoms with Crippen molar-refractivity contribution in [2.75, 3.05) is 32.9 Å². The molecule has 2 N–H and O–H groups in total. The fraction of sp³-hybridized carbons (Fsp3) is 0.333.